The summed E-state index contributed by atoms with van der Waals surface area (Å²) in [7, 11) is 1.41. The summed E-state index contributed by atoms with van der Waals surface area (Å²) in [6.45, 7) is 3.10. The molecule has 0 saturated carbocycles. The van der Waals surface area contributed by atoms with Crippen LogP contribution < -0.4 is 15.2 Å². The van der Waals surface area contributed by atoms with E-state index in [9.17, 15) is 23.2 Å². The molecule has 0 radical (unpaired) electrons. The van der Waals surface area contributed by atoms with Crippen molar-refractivity contribution in [3.05, 3.63) is 45.6 Å². The van der Waals surface area contributed by atoms with Crippen molar-refractivity contribution in [1.82, 2.24) is 14.8 Å². The highest BCUT2D eigenvalue weighted by atomic mass is 79.9. The van der Waals surface area contributed by atoms with Crippen molar-refractivity contribution < 1.29 is 27.4 Å². The van der Waals surface area contributed by atoms with E-state index in [1.54, 1.807) is 6.20 Å². The van der Waals surface area contributed by atoms with Crippen LogP contribution in [-0.4, -0.2) is 34.1 Å². The molecule has 0 aliphatic rings. The topological polar surface area (TPSA) is 116 Å². The van der Waals surface area contributed by atoms with Gasteiger partial charge in [-0.05, 0) is 59.1 Å². The Morgan fingerprint density at radius 1 is 1.34 bits per heavy atom. The smallest absolute Gasteiger partial charge is 0.480 e. The molecule has 32 heavy (non-hydrogen) atoms. The van der Waals surface area contributed by atoms with E-state index in [-0.39, 0.29) is 23.6 Å². The number of nitrogens with two attached hydrogens (primary N) is 1. The number of aromatic nitrogens is 3. The van der Waals surface area contributed by atoms with Gasteiger partial charge in [0.1, 0.15) is 11.3 Å². The molecule has 0 saturated heterocycles. The normalized spacial score (nSPS) is 13.4. The number of methoxy groups -OCH3 is 1. The maximum atomic E-state index is 12.7. The fraction of sp³-hybridized carbons (Fsp3) is 0.300. The van der Waals surface area contributed by atoms with Gasteiger partial charge in [0, 0.05) is 16.2 Å². The minimum atomic E-state index is -4.95. The first kappa shape index (κ1) is 23.3. The molecule has 1 aromatic carbocycles. The lowest BCUT2D eigenvalue weighted by molar-refractivity contribution is -0.274. The number of carbonyl (C=O) groups is 1. The van der Waals surface area contributed by atoms with Crippen LogP contribution in [0.5, 0.6) is 11.6 Å². The summed E-state index contributed by atoms with van der Waals surface area (Å²) in [5, 5.41) is 14.5. The maximum absolute atomic E-state index is 12.7. The molecular weight excluding hydrogens is 495 g/mol. The third kappa shape index (κ3) is 4.34. The van der Waals surface area contributed by atoms with Crippen LogP contribution in [0, 0.1) is 18.3 Å². The molecule has 1 unspecified atom stereocenters. The molecule has 0 aliphatic heterocycles. The van der Waals surface area contributed by atoms with E-state index in [4.69, 9.17) is 10.5 Å². The van der Waals surface area contributed by atoms with Gasteiger partial charge in [-0.15, -0.1) is 13.2 Å². The first-order valence-corrected chi connectivity index (χ1v) is 9.86. The molecule has 2 aromatic heterocycles. The summed E-state index contributed by atoms with van der Waals surface area (Å²) < 4.78 is 49.7. The van der Waals surface area contributed by atoms with Gasteiger partial charge in [-0.3, -0.25) is 4.79 Å². The number of nitrogens with zero attached hydrogens (tertiary/aromatic N) is 4. The number of hydrogen-bond acceptors (Lipinski definition) is 6. The summed E-state index contributed by atoms with van der Waals surface area (Å²) in [6, 6.07) is 5.09. The number of fused-ring (bicyclic) bond motifs is 1. The molecule has 0 bridgehead atoms. The van der Waals surface area contributed by atoms with E-state index in [1.807, 2.05) is 6.92 Å². The Kier molecular flexibility index (Phi) is 6.06. The van der Waals surface area contributed by atoms with Crippen molar-refractivity contribution in [1.29, 1.82) is 5.26 Å². The third-order valence-electron chi connectivity index (χ3n) is 4.89. The third-order valence-corrected chi connectivity index (χ3v) is 5.69. The second-order valence-electron chi connectivity index (χ2n) is 7.16. The number of halogens is 4. The van der Waals surface area contributed by atoms with Crippen molar-refractivity contribution in [3.8, 4) is 17.7 Å². The lowest BCUT2D eigenvalue weighted by Gasteiger charge is -2.25. The average molecular weight is 512 g/mol. The fourth-order valence-corrected chi connectivity index (χ4v) is 3.61. The van der Waals surface area contributed by atoms with Crippen LogP contribution in [0.15, 0.2) is 28.9 Å². The number of aryl methyl sites for hydroxylation is 1. The Hall–Kier alpha value is -3.33. The van der Waals surface area contributed by atoms with Crippen LogP contribution in [0.1, 0.15) is 28.4 Å². The first-order valence-electron chi connectivity index (χ1n) is 9.07. The molecule has 168 valence electrons. The SMILES string of the molecule is COc1c2ncc(Br)c(C)c2nn1CC(C)(C#N)c1cc(OC(F)(F)F)ccc1C(N)=O. The number of carbonyl (C=O) groups excluding carboxylic acids is 1. The Bertz CT molecular complexity index is 1250. The van der Waals surface area contributed by atoms with E-state index < -0.39 is 23.4 Å². The second kappa shape index (κ2) is 8.31. The molecule has 2 N–H and O–H groups in total. The number of alkyl halides is 3. The molecule has 12 heteroatoms. The van der Waals surface area contributed by atoms with E-state index in [0.717, 1.165) is 23.8 Å². The zero-order valence-electron chi connectivity index (χ0n) is 17.1. The molecule has 8 nitrogen and oxygen atoms in total. The van der Waals surface area contributed by atoms with Gasteiger partial charge in [-0.25, -0.2) is 9.67 Å². The monoisotopic (exact) mass is 511 g/mol. The van der Waals surface area contributed by atoms with Crippen LogP contribution in [-0.2, 0) is 12.0 Å². The van der Waals surface area contributed by atoms with Crippen molar-refractivity contribution in [2.75, 3.05) is 7.11 Å². The van der Waals surface area contributed by atoms with Gasteiger partial charge in [-0.1, -0.05) is 0 Å². The van der Waals surface area contributed by atoms with E-state index in [2.05, 4.69) is 36.8 Å². The molecule has 2 heterocycles. The number of ether oxygens (including phenoxy) is 2. The molecule has 0 spiro atoms. The summed E-state index contributed by atoms with van der Waals surface area (Å²) >= 11 is 3.38. The zero-order valence-corrected chi connectivity index (χ0v) is 18.7. The largest absolute Gasteiger partial charge is 0.573 e. The van der Waals surface area contributed by atoms with Gasteiger partial charge in [0.25, 0.3) is 0 Å². The van der Waals surface area contributed by atoms with E-state index in [1.165, 1.54) is 18.7 Å². The quantitative estimate of drug-likeness (QED) is 0.534. The highest BCUT2D eigenvalue weighted by Crippen LogP contribution is 2.36. The van der Waals surface area contributed by atoms with Gasteiger partial charge < -0.3 is 15.2 Å². The number of rotatable bonds is 6. The van der Waals surface area contributed by atoms with E-state index >= 15 is 0 Å². The van der Waals surface area contributed by atoms with E-state index in [0.29, 0.717) is 15.5 Å². The van der Waals surface area contributed by atoms with Gasteiger partial charge in [0.15, 0.2) is 5.52 Å². The van der Waals surface area contributed by atoms with Crippen LogP contribution in [0.2, 0.25) is 0 Å². The standard InChI is InChI=1S/C20H17BrF3N5O3/c1-10-14(21)7-27-16-15(10)28-29(18(16)31-3)9-19(2,8-25)13-6-11(32-20(22,23)24)4-5-12(13)17(26)30/h4-7H,9H2,1-3H3,(H2,26,30). The summed E-state index contributed by atoms with van der Waals surface area (Å²) in [5.41, 5.74) is 5.47. The molecule has 3 rings (SSSR count). The minimum Gasteiger partial charge on any atom is -0.480 e. The number of amides is 1. The molecule has 0 fully saturated rings. The number of benzene rings is 1. The first-order chi connectivity index (χ1) is 14.9. The van der Waals surface area contributed by atoms with Gasteiger partial charge in [-0.2, -0.15) is 10.4 Å². The Morgan fingerprint density at radius 3 is 2.59 bits per heavy atom. The molecular formula is C20H17BrF3N5O3. The fourth-order valence-electron chi connectivity index (χ4n) is 3.32. The van der Waals surface area contributed by atoms with Gasteiger partial charge >= 0.3 is 6.36 Å². The number of nitriles is 1. The zero-order chi connectivity index (χ0) is 23.8. The van der Waals surface area contributed by atoms with Gasteiger partial charge in [0.2, 0.25) is 11.8 Å². The lowest BCUT2D eigenvalue weighted by Crippen LogP contribution is -2.31. The van der Waals surface area contributed by atoms with Crippen LogP contribution in [0.3, 0.4) is 0 Å². The Morgan fingerprint density at radius 2 is 2.03 bits per heavy atom. The molecule has 1 amide bonds. The van der Waals surface area contributed by atoms with Crippen molar-refractivity contribution >= 4 is 32.9 Å². The maximum Gasteiger partial charge on any atom is 0.573 e. The summed E-state index contributed by atoms with van der Waals surface area (Å²) in [6.07, 6.45) is -3.37. The Labute approximate surface area is 188 Å². The lowest BCUT2D eigenvalue weighted by atomic mass is 9.80. The van der Waals surface area contributed by atoms with Crippen LogP contribution in [0.25, 0.3) is 11.0 Å². The summed E-state index contributed by atoms with van der Waals surface area (Å²) in [5.74, 6) is -1.24. The van der Waals surface area contributed by atoms with Crippen molar-refractivity contribution in [2.24, 2.45) is 5.73 Å². The second-order valence-corrected chi connectivity index (χ2v) is 8.01. The predicted octanol–water partition coefficient (Wildman–Crippen LogP) is 3.99. The van der Waals surface area contributed by atoms with Gasteiger partial charge in [0.05, 0.1) is 25.1 Å². The molecule has 1 atom stereocenters. The predicted molar refractivity (Wildman–Crippen MR) is 111 cm³/mol. The van der Waals surface area contributed by atoms with Crippen LogP contribution in [0.4, 0.5) is 13.2 Å². The highest BCUT2D eigenvalue weighted by molar-refractivity contribution is 9.10. The number of primary amides is 1. The van der Waals surface area contributed by atoms with Crippen molar-refractivity contribution in [2.45, 2.75) is 32.2 Å². The van der Waals surface area contributed by atoms with Crippen LogP contribution >= 0.6 is 15.9 Å². The summed E-state index contributed by atoms with van der Waals surface area (Å²) in [4.78, 5) is 16.3. The molecule has 3 aromatic rings. The molecule has 0 aliphatic carbocycles. The Balaban J connectivity index is 2.17. The van der Waals surface area contributed by atoms with Crippen molar-refractivity contribution in [3.63, 3.8) is 0 Å². The highest BCUT2D eigenvalue weighted by Gasteiger charge is 2.36. The average Bonchev–Trinajstić information content (AvgIpc) is 3.06. The number of hydrogen-bond donors (Lipinski definition) is 1. The minimum absolute atomic E-state index is 0.0401. The number of pyridine rings is 1.